The third-order valence-electron chi connectivity index (χ3n) is 6.62. The van der Waals surface area contributed by atoms with Gasteiger partial charge in [0.25, 0.3) is 23.1 Å². The van der Waals surface area contributed by atoms with E-state index in [-0.39, 0.29) is 25.6 Å². The van der Waals surface area contributed by atoms with Crippen molar-refractivity contribution in [3.63, 3.8) is 0 Å². The third kappa shape index (κ3) is 8.44. The molecule has 0 spiro atoms. The van der Waals surface area contributed by atoms with E-state index in [2.05, 4.69) is 15.6 Å². The summed E-state index contributed by atoms with van der Waals surface area (Å²) in [5.74, 6) is -4.73. The molecule has 2 aromatic carbocycles. The molecular weight excluding hydrogens is 626 g/mol. The van der Waals surface area contributed by atoms with E-state index < -0.39 is 81.5 Å². The minimum atomic E-state index is -1.33. The minimum Gasteiger partial charge on any atom is -0.504 e. The van der Waals surface area contributed by atoms with Gasteiger partial charge in [-0.05, 0) is 12.1 Å². The Kier molecular flexibility index (Phi) is 10.8. The fourth-order valence-electron chi connectivity index (χ4n) is 4.58. The lowest BCUT2D eigenvalue weighted by Crippen LogP contribution is -2.41. The number of nitro groups is 1. The number of anilines is 1. The second kappa shape index (κ2) is 14.9. The number of phenolic OH excluding ortho intramolecular Hbond substituents is 2. The Labute approximate surface area is 265 Å². The molecule has 18 heteroatoms. The fraction of sp³-hybridized carbons (Fsp3) is 0.310. The van der Waals surface area contributed by atoms with Gasteiger partial charge in [-0.15, -0.1) is 0 Å². The molecule has 4 atom stereocenters. The number of aromatic hydroxyl groups is 2. The third-order valence-corrected chi connectivity index (χ3v) is 6.62. The summed E-state index contributed by atoms with van der Waals surface area (Å²) in [7, 11) is 0. The SMILES string of the molecule is CC(=O)O[C@@H]1[C@H](OC(C)=O)[C@@H](COCCNC(=O)c2cc([N+](=O)[O-])cc(O)c2O)O[C@H]1n1cnc(NC(=O)c2ccccc2)cc1=O. The molecule has 0 aliphatic carbocycles. The van der Waals surface area contributed by atoms with Crippen LogP contribution >= 0.6 is 0 Å². The lowest BCUT2D eigenvalue weighted by atomic mass is 10.1. The van der Waals surface area contributed by atoms with Gasteiger partial charge in [0.1, 0.15) is 18.2 Å². The van der Waals surface area contributed by atoms with E-state index in [9.17, 15) is 44.3 Å². The highest BCUT2D eigenvalue weighted by atomic mass is 16.7. The summed E-state index contributed by atoms with van der Waals surface area (Å²) in [5.41, 5.74) is -1.52. The summed E-state index contributed by atoms with van der Waals surface area (Å²) >= 11 is 0. The van der Waals surface area contributed by atoms with Gasteiger partial charge in [0.15, 0.2) is 29.9 Å². The summed E-state index contributed by atoms with van der Waals surface area (Å²) in [4.78, 5) is 76.2. The molecule has 3 aromatic rings. The van der Waals surface area contributed by atoms with Crippen molar-refractivity contribution in [1.82, 2.24) is 14.9 Å². The van der Waals surface area contributed by atoms with E-state index in [1.54, 1.807) is 30.3 Å². The van der Waals surface area contributed by atoms with Crippen LogP contribution in [0.1, 0.15) is 40.8 Å². The number of phenols is 2. The number of rotatable bonds is 12. The molecule has 1 fully saturated rings. The number of nitrogens with one attached hydrogen (secondary N) is 2. The topological polar surface area (TPSA) is 248 Å². The maximum absolute atomic E-state index is 13.1. The molecule has 1 aliphatic heterocycles. The van der Waals surface area contributed by atoms with Crippen molar-refractivity contribution >= 4 is 35.3 Å². The molecule has 1 aliphatic rings. The predicted octanol–water partition coefficient (Wildman–Crippen LogP) is 1.02. The molecule has 1 saturated heterocycles. The van der Waals surface area contributed by atoms with E-state index in [1.807, 2.05) is 0 Å². The standard InChI is InChI=1S/C29H29N5O13/c1-15(35)45-25-21(13-44-9-8-30-28(41)19-10-18(34(42)43)11-20(37)24(19)39)47-29(26(25)46-16(2)36)33-14-31-22(12-23(33)38)32-27(40)17-6-4-3-5-7-17/h3-7,10-12,14,21,25-26,29,37,39H,8-9,13H2,1-2H3,(H,30,41)(H,32,40)/t21-,25-,26-,29-/m1/s1. The predicted molar refractivity (Wildman–Crippen MR) is 157 cm³/mol. The number of hydrogen-bond donors (Lipinski definition) is 4. The van der Waals surface area contributed by atoms with Crippen LogP contribution in [-0.2, 0) is 28.5 Å². The first-order valence-electron chi connectivity index (χ1n) is 13.9. The van der Waals surface area contributed by atoms with E-state index in [4.69, 9.17) is 18.9 Å². The summed E-state index contributed by atoms with van der Waals surface area (Å²) in [6.45, 7) is 1.57. The number of nitro benzene ring substituents is 1. The number of hydrogen-bond acceptors (Lipinski definition) is 14. The van der Waals surface area contributed by atoms with E-state index >= 15 is 0 Å². The summed E-state index contributed by atoms with van der Waals surface area (Å²) in [6.07, 6.45) is -3.93. The van der Waals surface area contributed by atoms with Gasteiger partial charge in [0, 0.05) is 38.1 Å². The molecule has 4 rings (SSSR count). The quantitative estimate of drug-likeness (QED) is 0.0700. The zero-order valence-corrected chi connectivity index (χ0v) is 24.9. The number of aromatic nitrogens is 2. The maximum Gasteiger partial charge on any atom is 0.303 e. The van der Waals surface area contributed by atoms with Crippen LogP contribution in [0.25, 0.3) is 0 Å². The summed E-state index contributed by atoms with van der Waals surface area (Å²) < 4.78 is 23.3. The van der Waals surface area contributed by atoms with Crippen LogP contribution in [-0.4, -0.2) is 86.5 Å². The lowest BCUT2D eigenvalue weighted by Gasteiger charge is -2.24. The largest absolute Gasteiger partial charge is 0.504 e. The van der Waals surface area contributed by atoms with Crippen molar-refractivity contribution in [3.05, 3.63) is 86.5 Å². The Morgan fingerprint density at radius 3 is 2.34 bits per heavy atom. The maximum atomic E-state index is 13.1. The molecule has 0 radical (unpaired) electrons. The molecule has 0 bridgehead atoms. The van der Waals surface area contributed by atoms with Gasteiger partial charge in [0.05, 0.1) is 29.8 Å². The first-order valence-corrected chi connectivity index (χ1v) is 13.9. The average Bonchev–Trinajstić information content (AvgIpc) is 3.33. The van der Waals surface area contributed by atoms with Gasteiger partial charge in [-0.3, -0.25) is 38.7 Å². The molecule has 2 heterocycles. The highest BCUT2D eigenvalue weighted by Gasteiger charge is 2.50. The molecule has 47 heavy (non-hydrogen) atoms. The zero-order chi connectivity index (χ0) is 34.2. The van der Waals surface area contributed by atoms with Crippen LogP contribution < -0.4 is 16.2 Å². The van der Waals surface area contributed by atoms with Gasteiger partial charge >= 0.3 is 11.9 Å². The second-order valence-electron chi connectivity index (χ2n) is 10.0. The van der Waals surface area contributed by atoms with Crippen LogP contribution in [0.3, 0.4) is 0 Å². The van der Waals surface area contributed by atoms with Gasteiger partial charge in [-0.25, -0.2) is 4.98 Å². The number of amides is 2. The van der Waals surface area contributed by atoms with Crippen LogP contribution in [0.2, 0.25) is 0 Å². The number of benzene rings is 2. The van der Waals surface area contributed by atoms with Gasteiger partial charge in [-0.2, -0.15) is 0 Å². The summed E-state index contributed by atoms with van der Waals surface area (Å²) in [5, 5.41) is 35.6. The lowest BCUT2D eigenvalue weighted by molar-refractivity contribution is -0.385. The molecule has 4 N–H and O–H groups in total. The van der Waals surface area contributed by atoms with E-state index in [0.717, 1.165) is 36.9 Å². The first-order chi connectivity index (χ1) is 22.3. The van der Waals surface area contributed by atoms with Crippen molar-refractivity contribution in [1.29, 1.82) is 0 Å². The fourth-order valence-corrected chi connectivity index (χ4v) is 4.58. The number of esters is 2. The molecular formula is C29H29N5O13. The van der Waals surface area contributed by atoms with E-state index in [1.165, 1.54) is 0 Å². The molecule has 2 amide bonds. The number of nitrogens with zero attached hydrogens (tertiary/aromatic N) is 3. The Bertz CT molecular complexity index is 1730. The zero-order valence-electron chi connectivity index (χ0n) is 24.9. The minimum absolute atomic E-state index is 0.0609. The summed E-state index contributed by atoms with van der Waals surface area (Å²) in [6, 6.07) is 10.7. The Morgan fingerprint density at radius 1 is 1.02 bits per heavy atom. The van der Waals surface area contributed by atoms with Crippen molar-refractivity contribution in [2.75, 3.05) is 25.1 Å². The van der Waals surface area contributed by atoms with Crippen LogP contribution in [0.5, 0.6) is 11.5 Å². The van der Waals surface area contributed by atoms with Crippen molar-refractivity contribution < 1.29 is 53.3 Å². The number of carbonyl (C=O) groups excluding carboxylic acids is 4. The molecule has 0 saturated carbocycles. The van der Waals surface area contributed by atoms with Crippen LogP contribution in [0, 0.1) is 10.1 Å². The normalized spacial score (nSPS) is 18.6. The number of carbonyl (C=O) groups is 4. The van der Waals surface area contributed by atoms with Crippen molar-refractivity contribution in [2.24, 2.45) is 0 Å². The highest BCUT2D eigenvalue weighted by molar-refractivity contribution is 6.03. The molecule has 0 unspecified atom stereocenters. The molecule has 1 aromatic heterocycles. The monoisotopic (exact) mass is 655 g/mol. The first kappa shape index (κ1) is 34.0. The van der Waals surface area contributed by atoms with Crippen LogP contribution in [0.4, 0.5) is 11.5 Å². The molecule has 248 valence electrons. The second-order valence-corrected chi connectivity index (χ2v) is 10.0. The van der Waals surface area contributed by atoms with Gasteiger partial charge in [0.2, 0.25) is 0 Å². The Hall–Kier alpha value is -5.88. The van der Waals surface area contributed by atoms with Crippen LogP contribution in [0.15, 0.2) is 59.7 Å². The van der Waals surface area contributed by atoms with Crippen molar-refractivity contribution in [3.8, 4) is 11.5 Å². The van der Waals surface area contributed by atoms with Gasteiger partial charge in [-0.1, -0.05) is 18.2 Å². The molecule has 18 nitrogen and oxygen atoms in total. The number of ether oxygens (including phenoxy) is 4. The number of non-ortho nitro benzene ring substituents is 1. The van der Waals surface area contributed by atoms with Gasteiger partial charge < -0.3 is 39.8 Å². The van der Waals surface area contributed by atoms with Crippen molar-refractivity contribution in [2.45, 2.75) is 38.4 Å². The van der Waals surface area contributed by atoms with E-state index in [0.29, 0.717) is 11.6 Å². The smallest absolute Gasteiger partial charge is 0.303 e. The Balaban J connectivity index is 1.44. The Morgan fingerprint density at radius 2 is 1.70 bits per heavy atom. The highest BCUT2D eigenvalue weighted by Crippen LogP contribution is 2.34. The average molecular weight is 656 g/mol.